The Labute approximate surface area is 307 Å². The maximum absolute atomic E-state index is 12.7. The summed E-state index contributed by atoms with van der Waals surface area (Å²) in [7, 11) is 5.91. The molecule has 0 bridgehead atoms. The first kappa shape index (κ1) is 48.3. The number of carbonyl (C=O) groups is 3. The summed E-state index contributed by atoms with van der Waals surface area (Å²) in [5.74, 6) is -2.27. The van der Waals surface area contributed by atoms with Crippen LogP contribution in [-0.4, -0.2) is 82.3 Å². The van der Waals surface area contributed by atoms with Gasteiger partial charge in [0, 0.05) is 12.8 Å². The molecule has 0 aromatic rings. The molecule has 2 atom stereocenters. The van der Waals surface area contributed by atoms with E-state index >= 15 is 0 Å². The minimum absolute atomic E-state index is 0.152. The number of esters is 2. The lowest BCUT2D eigenvalue weighted by Gasteiger charge is -2.26. The van der Waals surface area contributed by atoms with Crippen LogP contribution in [0.25, 0.3) is 0 Å². The number of rotatable bonds is 38. The van der Waals surface area contributed by atoms with Crippen LogP contribution in [0.15, 0.2) is 0 Å². The van der Waals surface area contributed by atoms with Crippen molar-refractivity contribution in [1.29, 1.82) is 0 Å². The third kappa shape index (κ3) is 34.7. The summed E-state index contributed by atoms with van der Waals surface area (Å²) in [4.78, 5) is 36.8. The molecule has 0 aliphatic carbocycles. The smallest absolute Gasteiger partial charge is 0.306 e. The van der Waals surface area contributed by atoms with Gasteiger partial charge in [0.25, 0.3) is 0 Å². The average Bonchev–Trinajstić information content (AvgIpc) is 3.06. The molecule has 0 aliphatic heterocycles. The van der Waals surface area contributed by atoms with Crippen molar-refractivity contribution in [1.82, 2.24) is 0 Å². The SMILES string of the molecule is CCCCCCCCCCCCCCCCCC(=O)OC(COC(=O)CCCCCCCCCCCC)COC(OCC[N+](C)(C)C)C(=O)[O-]. The summed E-state index contributed by atoms with van der Waals surface area (Å²) in [5, 5.41) is 11.6. The molecule has 296 valence electrons. The fourth-order valence-electron chi connectivity index (χ4n) is 5.83. The van der Waals surface area contributed by atoms with E-state index in [1.165, 1.54) is 122 Å². The summed E-state index contributed by atoms with van der Waals surface area (Å²) < 4.78 is 22.5. The van der Waals surface area contributed by atoms with E-state index in [1.807, 2.05) is 21.1 Å². The molecule has 0 aromatic carbocycles. The number of nitrogens with zero attached hydrogens (tertiary/aromatic N) is 1. The maximum Gasteiger partial charge on any atom is 0.306 e. The van der Waals surface area contributed by atoms with Gasteiger partial charge in [-0.3, -0.25) is 9.59 Å². The largest absolute Gasteiger partial charge is 0.545 e. The van der Waals surface area contributed by atoms with Crippen molar-refractivity contribution in [3.8, 4) is 0 Å². The number of aliphatic carboxylic acids is 1. The predicted octanol–water partition coefficient (Wildman–Crippen LogP) is 8.83. The molecule has 0 rings (SSSR count). The van der Waals surface area contributed by atoms with Crippen LogP contribution in [0.1, 0.15) is 187 Å². The molecule has 0 saturated heterocycles. The highest BCUT2D eigenvalue weighted by Gasteiger charge is 2.21. The van der Waals surface area contributed by atoms with Gasteiger partial charge in [-0.05, 0) is 12.8 Å². The summed E-state index contributed by atoms with van der Waals surface area (Å²) in [5.41, 5.74) is 0. The molecule has 0 saturated carbocycles. The van der Waals surface area contributed by atoms with Crippen LogP contribution >= 0.6 is 0 Å². The van der Waals surface area contributed by atoms with Crippen LogP contribution < -0.4 is 5.11 Å². The Morgan fingerprint density at radius 2 is 0.900 bits per heavy atom. The molecule has 0 fully saturated rings. The zero-order chi connectivity index (χ0) is 37.1. The van der Waals surface area contributed by atoms with Gasteiger partial charge in [0.15, 0.2) is 12.4 Å². The fraction of sp³-hybridized carbons (Fsp3) is 0.927. The Morgan fingerprint density at radius 1 is 0.520 bits per heavy atom. The fourth-order valence-corrected chi connectivity index (χ4v) is 5.83. The molecule has 0 N–H and O–H groups in total. The Bertz CT molecular complexity index is 800. The molecule has 0 radical (unpaired) electrons. The summed E-state index contributed by atoms with van der Waals surface area (Å²) in [6.45, 7) is 4.74. The van der Waals surface area contributed by atoms with Gasteiger partial charge in [0.2, 0.25) is 0 Å². The van der Waals surface area contributed by atoms with E-state index in [0.29, 0.717) is 17.4 Å². The molecule has 0 aromatic heterocycles. The number of carbonyl (C=O) groups excluding carboxylic acids is 3. The second-order valence-corrected chi connectivity index (χ2v) is 15.3. The molecule has 0 heterocycles. The van der Waals surface area contributed by atoms with Crippen LogP contribution in [0.5, 0.6) is 0 Å². The molecule has 9 heteroatoms. The van der Waals surface area contributed by atoms with Crippen molar-refractivity contribution in [3.63, 3.8) is 0 Å². The predicted molar refractivity (Wildman–Crippen MR) is 200 cm³/mol. The molecular formula is C41H79NO8. The monoisotopic (exact) mass is 714 g/mol. The van der Waals surface area contributed by atoms with Crippen LogP contribution in [0, 0.1) is 0 Å². The first-order valence-electron chi connectivity index (χ1n) is 20.7. The van der Waals surface area contributed by atoms with Gasteiger partial charge in [-0.25, -0.2) is 0 Å². The van der Waals surface area contributed by atoms with Crippen LogP contribution in [0.2, 0.25) is 0 Å². The standard InChI is InChI=1S/C41H79NO8/c1-6-8-10-12-14-16-18-19-20-21-22-24-26-28-30-32-39(44)50-37(36-49-41(40(45)46)47-34-33-42(3,4)5)35-48-38(43)31-29-27-25-23-17-15-13-11-9-7-2/h37,41H,6-36H2,1-5H3. The first-order chi connectivity index (χ1) is 24.1. The van der Waals surface area contributed by atoms with E-state index in [-0.39, 0.29) is 32.2 Å². The number of hydrogen-bond donors (Lipinski definition) is 0. The van der Waals surface area contributed by atoms with Crippen molar-refractivity contribution in [3.05, 3.63) is 0 Å². The number of likely N-dealkylation sites (N-methyl/N-ethyl adjacent to an activating group) is 1. The van der Waals surface area contributed by atoms with E-state index in [9.17, 15) is 19.5 Å². The van der Waals surface area contributed by atoms with Gasteiger partial charge in [0.05, 0.1) is 40.3 Å². The van der Waals surface area contributed by atoms with E-state index in [4.69, 9.17) is 18.9 Å². The second-order valence-electron chi connectivity index (χ2n) is 15.3. The molecule has 0 spiro atoms. The number of carboxylic acid groups (broad SMARTS) is 1. The zero-order valence-electron chi connectivity index (χ0n) is 33.3. The average molecular weight is 714 g/mol. The quantitative estimate of drug-likeness (QED) is 0.0270. The number of ether oxygens (including phenoxy) is 4. The zero-order valence-corrected chi connectivity index (χ0v) is 33.3. The van der Waals surface area contributed by atoms with Crippen molar-refractivity contribution in [2.75, 3.05) is 47.5 Å². The highest BCUT2D eigenvalue weighted by atomic mass is 16.7. The third-order valence-electron chi connectivity index (χ3n) is 9.10. The number of quaternary nitrogens is 1. The Hall–Kier alpha value is -1.71. The third-order valence-corrected chi connectivity index (χ3v) is 9.10. The Kier molecular flexibility index (Phi) is 33.2. The molecule has 2 unspecified atom stereocenters. The maximum atomic E-state index is 12.7. The van der Waals surface area contributed by atoms with Gasteiger partial charge < -0.3 is 33.3 Å². The second kappa shape index (κ2) is 34.4. The van der Waals surface area contributed by atoms with Crippen molar-refractivity contribution < 1.29 is 42.9 Å². The van der Waals surface area contributed by atoms with Crippen LogP contribution in [-0.2, 0) is 33.3 Å². The van der Waals surface area contributed by atoms with E-state index in [0.717, 1.165) is 38.5 Å². The number of unbranched alkanes of at least 4 members (excludes halogenated alkanes) is 23. The minimum Gasteiger partial charge on any atom is -0.545 e. The lowest BCUT2D eigenvalue weighted by molar-refractivity contribution is -0.870. The van der Waals surface area contributed by atoms with Crippen molar-refractivity contribution >= 4 is 17.9 Å². The Balaban J connectivity index is 4.45. The molecule has 0 aliphatic rings. The van der Waals surface area contributed by atoms with Crippen molar-refractivity contribution in [2.24, 2.45) is 0 Å². The van der Waals surface area contributed by atoms with E-state index in [2.05, 4.69) is 13.8 Å². The van der Waals surface area contributed by atoms with Gasteiger partial charge in [-0.15, -0.1) is 0 Å². The summed E-state index contributed by atoms with van der Waals surface area (Å²) >= 11 is 0. The van der Waals surface area contributed by atoms with Gasteiger partial charge in [0.1, 0.15) is 13.2 Å². The molecule has 0 amide bonds. The number of carboxylic acids is 1. The highest BCUT2D eigenvalue weighted by Crippen LogP contribution is 2.15. The van der Waals surface area contributed by atoms with Gasteiger partial charge >= 0.3 is 11.9 Å². The van der Waals surface area contributed by atoms with Crippen LogP contribution in [0.3, 0.4) is 0 Å². The number of hydrogen-bond acceptors (Lipinski definition) is 8. The topological polar surface area (TPSA) is 111 Å². The molecule has 9 nitrogen and oxygen atoms in total. The Morgan fingerprint density at radius 3 is 1.28 bits per heavy atom. The molecule has 50 heavy (non-hydrogen) atoms. The lowest BCUT2D eigenvalue weighted by Crippen LogP contribution is -2.44. The molecular weight excluding hydrogens is 634 g/mol. The summed E-state index contributed by atoms with van der Waals surface area (Å²) in [6.07, 6.45) is 28.4. The van der Waals surface area contributed by atoms with E-state index < -0.39 is 24.3 Å². The minimum atomic E-state index is -1.61. The van der Waals surface area contributed by atoms with Gasteiger partial charge in [-0.2, -0.15) is 0 Å². The summed E-state index contributed by atoms with van der Waals surface area (Å²) in [6, 6.07) is 0. The normalized spacial score (nSPS) is 12.9. The van der Waals surface area contributed by atoms with E-state index in [1.54, 1.807) is 0 Å². The lowest BCUT2D eigenvalue weighted by atomic mass is 10.0. The van der Waals surface area contributed by atoms with Crippen LogP contribution in [0.4, 0.5) is 0 Å². The first-order valence-corrected chi connectivity index (χ1v) is 20.7. The highest BCUT2D eigenvalue weighted by molar-refractivity contribution is 5.70. The van der Waals surface area contributed by atoms with Gasteiger partial charge in [-0.1, -0.05) is 162 Å². The van der Waals surface area contributed by atoms with Crippen molar-refractivity contribution in [2.45, 2.75) is 200 Å².